The second kappa shape index (κ2) is 7.38. The van der Waals surface area contributed by atoms with Crippen LogP contribution in [-0.4, -0.2) is 19.3 Å². The molecule has 0 spiro atoms. The van der Waals surface area contributed by atoms with Crippen LogP contribution in [0, 0.1) is 11.8 Å². The minimum atomic E-state index is 0.515. The molecule has 0 saturated heterocycles. The van der Waals surface area contributed by atoms with Crippen LogP contribution in [0.25, 0.3) is 0 Å². The molecule has 2 heteroatoms. The minimum absolute atomic E-state index is 0.515. The van der Waals surface area contributed by atoms with Crippen LogP contribution >= 0.6 is 0 Å². The smallest absolute Gasteiger partial charge is 0.0592 e. The quantitative estimate of drug-likeness (QED) is 0.797. The molecule has 0 bridgehead atoms. The van der Waals surface area contributed by atoms with Gasteiger partial charge in [-0.15, -0.1) is 0 Å². The Morgan fingerprint density at radius 2 is 1.47 bits per heavy atom. The van der Waals surface area contributed by atoms with Crippen molar-refractivity contribution in [2.75, 3.05) is 13.2 Å². The standard InChI is InChI=1S/C15H29NO/c16-10-11-17-15-8-6-14(7-9-15)12-13-4-2-1-3-5-13/h13-15H,1-12,16H2. The van der Waals surface area contributed by atoms with Gasteiger partial charge < -0.3 is 10.5 Å². The third kappa shape index (κ3) is 4.59. The van der Waals surface area contributed by atoms with Gasteiger partial charge in [0.15, 0.2) is 0 Å². The summed E-state index contributed by atoms with van der Waals surface area (Å²) >= 11 is 0. The van der Waals surface area contributed by atoms with E-state index in [-0.39, 0.29) is 0 Å². The highest BCUT2D eigenvalue weighted by Gasteiger charge is 2.24. The molecule has 2 saturated carbocycles. The molecule has 0 aromatic heterocycles. The van der Waals surface area contributed by atoms with Crippen LogP contribution in [0.3, 0.4) is 0 Å². The Labute approximate surface area is 106 Å². The van der Waals surface area contributed by atoms with Crippen molar-refractivity contribution in [2.24, 2.45) is 17.6 Å². The predicted octanol–water partition coefficient (Wildman–Crippen LogP) is 3.49. The summed E-state index contributed by atoms with van der Waals surface area (Å²) in [6, 6.07) is 0. The first-order valence-electron chi connectivity index (χ1n) is 7.70. The van der Waals surface area contributed by atoms with Crippen molar-refractivity contribution in [3.63, 3.8) is 0 Å². The van der Waals surface area contributed by atoms with Crippen molar-refractivity contribution in [1.29, 1.82) is 0 Å². The van der Waals surface area contributed by atoms with Crippen LogP contribution in [0.2, 0.25) is 0 Å². The third-order valence-electron chi connectivity index (χ3n) is 4.66. The van der Waals surface area contributed by atoms with Crippen LogP contribution < -0.4 is 5.73 Å². The van der Waals surface area contributed by atoms with Gasteiger partial charge in [-0.2, -0.15) is 0 Å². The van der Waals surface area contributed by atoms with Crippen LogP contribution in [0.5, 0.6) is 0 Å². The Hall–Kier alpha value is -0.0800. The van der Waals surface area contributed by atoms with Crippen LogP contribution in [0.1, 0.15) is 64.2 Å². The highest BCUT2D eigenvalue weighted by Crippen LogP contribution is 2.35. The summed E-state index contributed by atoms with van der Waals surface area (Å²) in [4.78, 5) is 0. The molecule has 0 amide bonds. The van der Waals surface area contributed by atoms with Crippen molar-refractivity contribution in [3.05, 3.63) is 0 Å². The molecular weight excluding hydrogens is 210 g/mol. The third-order valence-corrected chi connectivity index (χ3v) is 4.66. The average Bonchev–Trinajstić information content (AvgIpc) is 2.39. The number of rotatable bonds is 5. The first-order chi connectivity index (χ1) is 8.38. The molecular formula is C15H29NO. The summed E-state index contributed by atoms with van der Waals surface area (Å²) < 4.78 is 5.75. The predicted molar refractivity (Wildman–Crippen MR) is 71.9 cm³/mol. The van der Waals surface area contributed by atoms with Gasteiger partial charge in [0.2, 0.25) is 0 Å². The lowest BCUT2D eigenvalue weighted by atomic mass is 9.77. The molecule has 2 nitrogen and oxygen atoms in total. The molecule has 0 radical (unpaired) electrons. The van der Waals surface area contributed by atoms with Crippen LogP contribution in [0.4, 0.5) is 0 Å². The summed E-state index contributed by atoms with van der Waals surface area (Å²) in [7, 11) is 0. The average molecular weight is 239 g/mol. The summed E-state index contributed by atoms with van der Waals surface area (Å²) in [6.07, 6.45) is 14.8. The molecule has 0 aliphatic heterocycles. The lowest BCUT2D eigenvalue weighted by Gasteiger charge is -2.32. The number of nitrogens with two attached hydrogens (primary N) is 1. The number of ether oxygens (including phenoxy) is 1. The first-order valence-corrected chi connectivity index (χ1v) is 7.70. The van der Waals surface area contributed by atoms with E-state index in [0.29, 0.717) is 12.6 Å². The maximum Gasteiger partial charge on any atom is 0.0592 e. The van der Waals surface area contributed by atoms with Crippen molar-refractivity contribution >= 4 is 0 Å². The van der Waals surface area contributed by atoms with Gasteiger partial charge >= 0.3 is 0 Å². The number of hydrogen-bond donors (Lipinski definition) is 1. The van der Waals surface area contributed by atoms with E-state index in [1.807, 2.05) is 0 Å². The first kappa shape index (κ1) is 13.4. The Morgan fingerprint density at radius 1 is 0.824 bits per heavy atom. The largest absolute Gasteiger partial charge is 0.377 e. The normalized spacial score (nSPS) is 31.6. The SMILES string of the molecule is NCCOC1CCC(CC2CCCCC2)CC1. The molecule has 17 heavy (non-hydrogen) atoms. The Balaban J connectivity index is 1.61. The maximum atomic E-state index is 5.75. The summed E-state index contributed by atoms with van der Waals surface area (Å²) in [5.41, 5.74) is 5.47. The zero-order valence-corrected chi connectivity index (χ0v) is 11.2. The molecule has 0 aromatic rings. The monoisotopic (exact) mass is 239 g/mol. The van der Waals surface area contributed by atoms with Crippen molar-refractivity contribution < 1.29 is 4.74 Å². The molecule has 0 aromatic carbocycles. The van der Waals surface area contributed by atoms with Crippen molar-refractivity contribution in [1.82, 2.24) is 0 Å². The fraction of sp³-hybridized carbons (Fsp3) is 1.00. The molecule has 0 heterocycles. The van der Waals surface area contributed by atoms with Crippen LogP contribution in [0.15, 0.2) is 0 Å². The van der Waals surface area contributed by atoms with E-state index in [1.54, 1.807) is 0 Å². The van der Waals surface area contributed by atoms with Gasteiger partial charge in [0.25, 0.3) is 0 Å². The van der Waals surface area contributed by atoms with Gasteiger partial charge in [-0.25, -0.2) is 0 Å². The molecule has 100 valence electrons. The van der Waals surface area contributed by atoms with Gasteiger partial charge in [0.05, 0.1) is 12.7 Å². The lowest BCUT2D eigenvalue weighted by molar-refractivity contribution is 0.0191. The fourth-order valence-electron chi connectivity index (χ4n) is 3.66. The van der Waals surface area contributed by atoms with Gasteiger partial charge in [-0.05, 0) is 43.9 Å². The highest BCUT2D eigenvalue weighted by molar-refractivity contribution is 4.76. The molecule has 2 rings (SSSR count). The Morgan fingerprint density at radius 3 is 2.12 bits per heavy atom. The molecule has 0 unspecified atom stereocenters. The Kier molecular flexibility index (Phi) is 5.79. The van der Waals surface area contributed by atoms with E-state index in [4.69, 9.17) is 10.5 Å². The van der Waals surface area contributed by atoms with Crippen LogP contribution in [-0.2, 0) is 4.74 Å². The van der Waals surface area contributed by atoms with E-state index in [2.05, 4.69) is 0 Å². The molecule has 2 aliphatic rings. The molecule has 0 atom stereocenters. The van der Waals surface area contributed by atoms with E-state index >= 15 is 0 Å². The van der Waals surface area contributed by atoms with E-state index < -0.39 is 0 Å². The number of hydrogen-bond acceptors (Lipinski definition) is 2. The summed E-state index contributed by atoms with van der Waals surface area (Å²) in [5.74, 6) is 2.05. The molecule has 2 fully saturated rings. The van der Waals surface area contributed by atoms with Crippen molar-refractivity contribution in [2.45, 2.75) is 70.3 Å². The highest BCUT2D eigenvalue weighted by atomic mass is 16.5. The maximum absolute atomic E-state index is 5.75. The zero-order chi connectivity index (χ0) is 11.9. The van der Waals surface area contributed by atoms with E-state index in [9.17, 15) is 0 Å². The Bertz CT molecular complexity index is 193. The summed E-state index contributed by atoms with van der Waals surface area (Å²) in [5, 5.41) is 0. The molecule has 2 N–H and O–H groups in total. The topological polar surface area (TPSA) is 35.2 Å². The summed E-state index contributed by atoms with van der Waals surface area (Å²) in [6.45, 7) is 1.42. The van der Waals surface area contributed by atoms with Crippen molar-refractivity contribution in [3.8, 4) is 0 Å². The lowest BCUT2D eigenvalue weighted by Crippen LogP contribution is -2.25. The molecule has 2 aliphatic carbocycles. The second-order valence-electron chi connectivity index (χ2n) is 6.04. The second-order valence-corrected chi connectivity index (χ2v) is 6.04. The fourth-order valence-corrected chi connectivity index (χ4v) is 3.66. The van der Waals surface area contributed by atoms with Gasteiger partial charge in [0.1, 0.15) is 0 Å². The minimum Gasteiger partial charge on any atom is -0.377 e. The van der Waals surface area contributed by atoms with E-state index in [0.717, 1.165) is 18.4 Å². The van der Waals surface area contributed by atoms with Gasteiger partial charge in [0, 0.05) is 6.54 Å². The van der Waals surface area contributed by atoms with Gasteiger partial charge in [-0.3, -0.25) is 0 Å². The zero-order valence-electron chi connectivity index (χ0n) is 11.2. The van der Waals surface area contributed by atoms with Gasteiger partial charge in [-0.1, -0.05) is 32.1 Å². The van der Waals surface area contributed by atoms with E-state index in [1.165, 1.54) is 64.2 Å².